The second-order valence-electron chi connectivity index (χ2n) is 3.85. The first-order chi connectivity index (χ1) is 8.74. The summed E-state index contributed by atoms with van der Waals surface area (Å²) in [5.41, 5.74) is 1.13. The molecule has 0 aromatic carbocycles. The monoisotopic (exact) mass is 251 g/mol. The second-order valence-corrected chi connectivity index (χ2v) is 3.85. The highest BCUT2D eigenvalue weighted by molar-refractivity contribution is 5.76. The van der Waals surface area contributed by atoms with Crippen molar-refractivity contribution in [2.45, 2.75) is 25.4 Å². The van der Waals surface area contributed by atoms with Crippen LogP contribution in [0.15, 0.2) is 24.5 Å². The predicted octanol–water partition coefficient (Wildman–Crippen LogP) is 0.151. The largest absolute Gasteiger partial charge is 0.480 e. The third-order valence-corrected chi connectivity index (χ3v) is 2.49. The Labute approximate surface area is 105 Å². The van der Waals surface area contributed by atoms with Crippen molar-refractivity contribution < 1.29 is 14.7 Å². The van der Waals surface area contributed by atoms with Gasteiger partial charge >= 0.3 is 5.97 Å². The van der Waals surface area contributed by atoms with E-state index in [0.29, 0.717) is 25.8 Å². The Morgan fingerprint density at radius 1 is 1.44 bits per heavy atom. The SMILES string of the molecule is O=CNC(CCCNCc1ccncc1)C(=O)O. The molecule has 1 unspecified atom stereocenters. The highest BCUT2D eigenvalue weighted by Crippen LogP contribution is 1.98. The van der Waals surface area contributed by atoms with Gasteiger partial charge in [-0.15, -0.1) is 0 Å². The van der Waals surface area contributed by atoms with Crippen LogP contribution in [0, 0.1) is 0 Å². The Kier molecular flexibility index (Phi) is 6.42. The third kappa shape index (κ3) is 5.40. The summed E-state index contributed by atoms with van der Waals surface area (Å²) in [5, 5.41) is 14.3. The van der Waals surface area contributed by atoms with E-state index in [1.54, 1.807) is 12.4 Å². The van der Waals surface area contributed by atoms with Gasteiger partial charge in [-0.25, -0.2) is 4.79 Å². The summed E-state index contributed by atoms with van der Waals surface area (Å²) in [6, 6.07) is 3.03. The quantitative estimate of drug-likeness (QED) is 0.429. The summed E-state index contributed by atoms with van der Waals surface area (Å²) in [5.74, 6) is -1.00. The van der Waals surface area contributed by atoms with Crippen molar-refractivity contribution in [3.8, 4) is 0 Å². The van der Waals surface area contributed by atoms with Gasteiger partial charge in [0, 0.05) is 18.9 Å². The van der Waals surface area contributed by atoms with Gasteiger partial charge in [-0.05, 0) is 37.1 Å². The number of carboxylic acids is 1. The van der Waals surface area contributed by atoms with Crippen LogP contribution in [0.3, 0.4) is 0 Å². The molecule has 98 valence electrons. The van der Waals surface area contributed by atoms with Gasteiger partial charge in [0.1, 0.15) is 6.04 Å². The number of hydrogen-bond donors (Lipinski definition) is 3. The van der Waals surface area contributed by atoms with E-state index in [1.165, 1.54) is 0 Å². The first-order valence-electron chi connectivity index (χ1n) is 5.76. The normalized spacial score (nSPS) is 11.8. The van der Waals surface area contributed by atoms with Crippen molar-refractivity contribution in [3.05, 3.63) is 30.1 Å². The van der Waals surface area contributed by atoms with Crippen LogP contribution in [0.5, 0.6) is 0 Å². The molecule has 0 aliphatic heterocycles. The van der Waals surface area contributed by atoms with Crippen LogP contribution < -0.4 is 10.6 Å². The molecule has 6 heteroatoms. The number of nitrogens with zero attached hydrogens (tertiary/aromatic N) is 1. The van der Waals surface area contributed by atoms with Gasteiger partial charge < -0.3 is 15.7 Å². The van der Waals surface area contributed by atoms with Crippen molar-refractivity contribution >= 4 is 12.4 Å². The van der Waals surface area contributed by atoms with Crippen LogP contribution >= 0.6 is 0 Å². The number of hydrogen-bond acceptors (Lipinski definition) is 4. The second kappa shape index (κ2) is 8.19. The lowest BCUT2D eigenvalue weighted by atomic mass is 10.1. The van der Waals surface area contributed by atoms with Gasteiger partial charge in [-0.1, -0.05) is 0 Å². The molecule has 0 aliphatic rings. The molecule has 0 spiro atoms. The average molecular weight is 251 g/mol. The Hall–Kier alpha value is -1.95. The molecule has 1 rings (SSSR count). The summed E-state index contributed by atoms with van der Waals surface area (Å²) >= 11 is 0. The van der Waals surface area contributed by atoms with Crippen molar-refractivity contribution in [2.24, 2.45) is 0 Å². The summed E-state index contributed by atoms with van der Waals surface area (Å²) in [6.45, 7) is 1.42. The van der Waals surface area contributed by atoms with Gasteiger partial charge in [-0.2, -0.15) is 0 Å². The number of aliphatic carboxylic acids is 1. The number of rotatable bonds is 9. The fraction of sp³-hybridized carbons (Fsp3) is 0.417. The predicted molar refractivity (Wildman–Crippen MR) is 65.8 cm³/mol. The van der Waals surface area contributed by atoms with Crippen LogP contribution in [-0.2, 0) is 16.1 Å². The summed E-state index contributed by atoms with van der Waals surface area (Å²) in [6.07, 6.45) is 4.97. The molecule has 0 radical (unpaired) electrons. The van der Waals surface area contributed by atoms with E-state index in [2.05, 4.69) is 15.6 Å². The lowest BCUT2D eigenvalue weighted by molar-refractivity contribution is -0.140. The maximum atomic E-state index is 10.7. The van der Waals surface area contributed by atoms with Gasteiger partial charge in [0.2, 0.25) is 6.41 Å². The maximum absolute atomic E-state index is 10.7. The van der Waals surface area contributed by atoms with E-state index in [0.717, 1.165) is 12.1 Å². The molecule has 1 atom stereocenters. The van der Waals surface area contributed by atoms with Gasteiger partial charge in [0.25, 0.3) is 0 Å². The van der Waals surface area contributed by atoms with E-state index < -0.39 is 12.0 Å². The molecule has 3 N–H and O–H groups in total. The number of aromatic nitrogens is 1. The highest BCUT2D eigenvalue weighted by Gasteiger charge is 2.14. The average Bonchev–Trinajstić information content (AvgIpc) is 2.38. The van der Waals surface area contributed by atoms with E-state index in [4.69, 9.17) is 5.11 Å². The van der Waals surface area contributed by atoms with Crippen molar-refractivity contribution in [2.75, 3.05) is 6.54 Å². The van der Waals surface area contributed by atoms with Crippen molar-refractivity contribution in [3.63, 3.8) is 0 Å². The fourth-order valence-electron chi connectivity index (χ4n) is 1.52. The molecule has 6 nitrogen and oxygen atoms in total. The number of carbonyl (C=O) groups is 2. The lowest BCUT2D eigenvalue weighted by Crippen LogP contribution is -2.36. The summed E-state index contributed by atoms with van der Waals surface area (Å²) in [7, 11) is 0. The fourth-order valence-corrected chi connectivity index (χ4v) is 1.52. The first kappa shape index (κ1) is 14.1. The molecule has 1 aromatic rings. The first-order valence-corrected chi connectivity index (χ1v) is 5.76. The molecule has 0 saturated carbocycles. The van der Waals surface area contributed by atoms with Crippen LogP contribution in [-0.4, -0.2) is 35.1 Å². The van der Waals surface area contributed by atoms with Gasteiger partial charge in [0.15, 0.2) is 0 Å². The maximum Gasteiger partial charge on any atom is 0.326 e. The van der Waals surface area contributed by atoms with Crippen molar-refractivity contribution in [1.82, 2.24) is 15.6 Å². The molecular formula is C12H17N3O3. The number of carbonyl (C=O) groups excluding carboxylic acids is 1. The Bertz CT molecular complexity index is 370. The number of amides is 1. The molecule has 1 heterocycles. The molecule has 0 bridgehead atoms. The van der Waals surface area contributed by atoms with Crippen LogP contribution in [0.4, 0.5) is 0 Å². The number of nitrogens with one attached hydrogen (secondary N) is 2. The minimum absolute atomic E-state index is 0.414. The molecule has 0 aliphatic carbocycles. The van der Waals surface area contributed by atoms with Crippen LogP contribution in [0.1, 0.15) is 18.4 Å². The zero-order valence-electron chi connectivity index (χ0n) is 10.0. The lowest BCUT2D eigenvalue weighted by Gasteiger charge is -2.11. The van der Waals surface area contributed by atoms with E-state index >= 15 is 0 Å². The number of pyridine rings is 1. The zero-order valence-corrected chi connectivity index (χ0v) is 10.0. The Balaban J connectivity index is 2.14. The minimum atomic E-state index is -1.00. The molecule has 0 saturated heterocycles. The van der Waals surface area contributed by atoms with E-state index in [1.807, 2.05) is 12.1 Å². The highest BCUT2D eigenvalue weighted by atomic mass is 16.4. The number of carboxylic acid groups (broad SMARTS) is 1. The molecule has 1 aromatic heterocycles. The summed E-state index contributed by atoms with van der Waals surface area (Å²) in [4.78, 5) is 24.8. The van der Waals surface area contributed by atoms with Gasteiger partial charge in [0.05, 0.1) is 0 Å². The Morgan fingerprint density at radius 3 is 2.78 bits per heavy atom. The Morgan fingerprint density at radius 2 is 2.17 bits per heavy atom. The van der Waals surface area contributed by atoms with E-state index in [9.17, 15) is 9.59 Å². The van der Waals surface area contributed by atoms with Crippen LogP contribution in [0.25, 0.3) is 0 Å². The zero-order chi connectivity index (χ0) is 13.2. The minimum Gasteiger partial charge on any atom is -0.480 e. The molecule has 0 fully saturated rings. The van der Waals surface area contributed by atoms with Gasteiger partial charge in [-0.3, -0.25) is 9.78 Å². The van der Waals surface area contributed by atoms with Crippen molar-refractivity contribution in [1.29, 1.82) is 0 Å². The molecule has 18 heavy (non-hydrogen) atoms. The molecular weight excluding hydrogens is 234 g/mol. The standard InChI is InChI=1S/C12H17N3O3/c16-9-15-11(12(17)18)2-1-5-14-8-10-3-6-13-7-4-10/h3-4,6-7,9,11,14H,1-2,5,8H2,(H,15,16)(H,17,18). The summed E-state index contributed by atoms with van der Waals surface area (Å²) < 4.78 is 0. The topological polar surface area (TPSA) is 91.3 Å². The van der Waals surface area contributed by atoms with Crippen LogP contribution in [0.2, 0.25) is 0 Å². The molecule has 1 amide bonds. The van der Waals surface area contributed by atoms with E-state index in [-0.39, 0.29) is 0 Å². The third-order valence-electron chi connectivity index (χ3n) is 2.49. The smallest absolute Gasteiger partial charge is 0.326 e.